The molecule has 1 heterocycles. The number of fused-ring (bicyclic) bond motifs is 2. The number of benzene rings is 3. The van der Waals surface area contributed by atoms with E-state index in [1.165, 1.54) is 30.7 Å². The molecule has 4 aromatic rings. The third-order valence-electron chi connectivity index (χ3n) is 5.56. The van der Waals surface area contributed by atoms with Gasteiger partial charge in [-0.05, 0) is 66.4 Å². The van der Waals surface area contributed by atoms with Crippen LogP contribution in [0.4, 0.5) is 21.5 Å². The first kappa shape index (κ1) is 19.8. The number of nitrogens with one attached hydrogen (secondary N) is 2. The van der Waals surface area contributed by atoms with Crippen molar-refractivity contribution in [1.29, 1.82) is 0 Å². The Hall–Kier alpha value is -4.19. The molecule has 0 bridgehead atoms. The molecule has 158 valence electrons. The molecule has 2 N–H and O–H groups in total. The number of aryl methyl sites for hydroxylation is 2. The fraction of sp³-hybridized carbons (Fsp3) is 0.0769. The number of furan rings is 1. The number of ketones is 1. The first-order chi connectivity index (χ1) is 15.6. The van der Waals surface area contributed by atoms with Crippen LogP contribution >= 0.6 is 0 Å². The van der Waals surface area contributed by atoms with E-state index in [9.17, 15) is 14.0 Å². The van der Waals surface area contributed by atoms with E-state index in [-0.39, 0.29) is 11.5 Å². The minimum absolute atomic E-state index is 0.0330. The summed E-state index contributed by atoms with van der Waals surface area (Å²) in [5.74, 6) is -0.971. The molecular weight excluding hydrogens is 407 g/mol. The van der Waals surface area contributed by atoms with Crippen LogP contribution in [-0.4, -0.2) is 11.7 Å². The highest BCUT2D eigenvalue weighted by Gasteiger charge is 2.21. The number of hydrogen-bond acceptors (Lipinski definition) is 4. The minimum Gasteiger partial charge on any atom is -0.472 e. The van der Waals surface area contributed by atoms with Gasteiger partial charge in [0, 0.05) is 22.5 Å². The van der Waals surface area contributed by atoms with Gasteiger partial charge < -0.3 is 15.1 Å². The van der Waals surface area contributed by atoms with Gasteiger partial charge in [0.1, 0.15) is 12.1 Å². The average molecular weight is 426 g/mol. The molecule has 32 heavy (non-hydrogen) atoms. The quantitative estimate of drug-likeness (QED) is 0.436. The zero-order valence-electron chi connectivity index (χ0n) is 17.0. The van der Waals surface area contributed by atoms with Crippen LogP contribution in [0.2, 0.25) is 0 Å². The Bertz CT molecular complexity index is 1330. The first-order valence-corrected chi connectivity index (χ1v) is 10.2. The maximum atomic E-state index is 14.3. The number of rotatable bonds is 4. The number of carbonyl (C=O) groups excluding carboxylic acids is 2. The summed E-state index contributed by atoms with van der Waals surface area (Å²) in [6.45, 7) is 0. The van der Waals surface area contributed by atoms with E-state index in [2.05, 4.69) is 10.6 Å². The topological polar surface area (TPSA) is 71.3 Å². The highest BCUT2D eigenvalue weighted by Crippen LogP contribution is 2.29. The fourth-order valence-corrected chi connectivity index (χ4v) is 3.93. The van der Waals surface area contributed by atoms with Gasteiger partial charge in [-0.1, -0.05) is 24.3 Å². The maximum absolute atomic E-state index is 14.3. The molecule has 0 radical (unpaired) electrons. The third-order valence-corrected chi connectivity index (χ3v) is 5.56. The molecule has 5 nitrogen and oxygen atoms in total. The largest absolute Gasteiger partial charge is 0.472 e. The number of anilines is 3. The van der Waals surface area contributed by atoms with Crippen LogP contribution in [0.25, 0.3) is 0 Å². The second kappa shape index (κ2) is 8.15. The summed E-state index contributed by atoms with van der Waals surface area (Å²) in [5.41, 5.74) is 5.22. The zero-order valence-corrected chi connectivity index (χ0v) is 17.0. The van der Waals surface area contributed by atoms with Crippen molar-refractivity contribution in [2.75, 3.05) is 10.6 Å². The van der Waals surface area contributed by atoms with E-state index >= 15 is 0 Å². The Morgan fingerprint density at radius 2 is 1.62 bits per heavy atom. The molecule has 0 aliphatic heterocycles. The standard InChI is InChI=1S/C26H19FN2O3/c27-23-10-8-20(14-24(23)29-26(31)18-11-12-32-15-18)28-19-7-9-22-17(13-19)6-5-16-3-1-2-4-21(16)25(22)30/h1-4,7-15,28H,5-6H2,(H,29,31). The number of carbonyl (C=O) groups is 2. The highest BCUT2D eigenvalue weighted by molar-refractivity contribution is 6.11. The molecule has 1 aliphatic rings. The van der Waals surface area contributed by atoms with E-state index in [0.29, 0.717) is 16.8 Å². The second-order valence-electron chi connectivity index (χ2n) is 7.64. The van der Waals surface area contributed by atoms with Gasteiger partial charge >= 0.3 is 0 Å². The van der Waals surface area contributed by atoms with Gasteiger partial charge in [0.05, 0.1) is 17.5 Å². The lowest BCUT2D eigenvalue weighted by Crippen LogP contribution is -2.12. The SMILES string of the molecule is O=C(Nc1cc(Nc2ccc3c(c2)CCc2ccccc2C3=O)ccc1F)c1ccoc1. The van der Waals surface area contributed by atoms with Gasteiger partial charge in [-0.25, -0.2) is 4.39 Å². The first-order valence-electron chi connectivity index (χ1n) is 10.2. The van der Waals surface area contributed by atoms with Crippen molar-refractivity contribution in [3.63, 3.8) is 0 Å². The monoisotopic (exact) mass is 426 g/mol. The summed E-state index contributed by atoms with van der Waals surface area (Å²) in [7, 11) is 0. The van der Waals surface area contributed by atoms with Crippen molar-refractivity contribution in [3.8, 4) is 0 Å². The van der Waals surface area contributed by atoms with Gasteiger partial charge in [-0.15, -0.1) is 0 Å². The molecule has 0 saturated heterocycles. The van der Waals surface area contributed by atoms with Gasteiger partial charge in [-0.3, -0.25) is 9.59 Å². The smallest absolute Gasteiger partial charge is 0.258 e. The van der Waals surface area contributed by atoms with Crippen molar-refractivity contribution in [1.82, 2.24) is 0 Å². The summed E-state index contributed by atoms with van der Waals surface area (Å²) >= 11 is 0. The predicted octanol–water partition coefficient (Wildman–Crippen LogP) is 5.74. The molecule has 0 fully saturated rings. The van der Waals surface area contributed by atoms with Crippen molar-refractivity contribution in [2.45, 2.75) is 12.8 Å². The molecule has 0 saturated carbocycles. The molecule has 0 atom stereocenters. The van der Waals surface area contributed by atoms with Gasteiger partial charge in [0.25, 0.3) is 5.91 Å². The summed E-state index contributed by atoms with van der Waals surface area (Å²) in [6, 6.07) is 19.2. The zero-order chi connectivity index (χ0) is 22.1. The second-order valence-corrected chi connectivity index (χ2v) is 7.64. The summed E-state index contributed by atoms with van der Waals surface area (Å²) in [4.78, 5) is 25.2. The molecule has 5 rings (SSSR count). The van der Waals surface area contributed by atoms with Gasteiger partial charge in [0.2, 0.25) is 0 Å². The van der Waals surface area contributed by atoms with Crippen LogP contribution in [0.1, 0.15) is 37.4 Å². The number of amides is 1. The molecule has 0 unspecified atom stereocenters. The Balaban J connectivity index is 1.38. The van der Waals surface area contributed by atoms with E-state index in [1.54, 1.807) is 6.07 Å². The lowest BCUT2D eigenvalue weighted by molar-refractivity contribution is 0.102. The van der Waals surface area contributed by atoms with Crippen LogP contribution in [0.3, 0.4) is 0 Å². The normalized spacial score (nSPS) is 12.5. The molecular formula is C26H19FN2O3. The molecule has 0 spiro atoms. The Kier molecular flexibility index (Phi) is 5.03. The summed E-state index contributed by atoms with van der Waals surface area (Å²) < 4.78 is 19.1. The van der Waals surface area contributed by atoms with E-state index in [0.717, 1.165) is 35.2 Å². The van der Waals surface area contributed by atoms with Crippen LogP contribution < -0.4 is 10.6 Å². The molecule has 1 aliphatic carbocycles. The Morgan fingerprint density at radius 3 is 2.47 bits per heavy atom. The van der Waals surface area contributed by atoms with E-state index in [4.69, 9.17) is 4.42 Å². The molecule has 1 amide bonds. The summed E-state index contributed by atoms with van der Waals surface area (Å²) in [6.07, 6.45) is 4.22. The predicted molar refractivity (Wildman–Crippen MR) is 120 cm³/mol. The number of halogens is 1. The van der Waals surface area contributed by atoms with Crippen LogP contribution in [0.15, 0.2) is 83.7 Å². The van der Waals surface area contributed by atoms with Crippen molar-refractivity contribution < 1.29 is 18.4 Å². The minimum atomic E-state index is -0.544. The molecule has 3 aromatic carbocycles. The third kappa shape index (κ3) is 3.78. The van der Waals surface area contributed by atoms with Gasteiger partial charge in [-0.2, -0.15) is 0 Å². The van der Waals surface area contributed by atoms with E-state index < -0.39 is 11.7 Å². The average Bonchev–Trinajstić information content (AvgIpc) is 3.31. The lowest BCUT2D eigenvalue weighted by atomic mass is 9.98. The van der Waals surface area contributed by atoms with Crippen molar-refractivity contribution >= 4 is 28.8 Å². The number of hydrogen-bond donors (Lipinski definition) is 2. The Morgan fingerprint density at radius 1 is 0.875 bits per heavy atom. The van der Waals surface area contributed by atoms with Crippen LogP contribution in [0.5, 0.6) is 0 Å². The van der Waals surface area contributed by atoms with Crippen LogP contribution in [-0.2, 0) is 12.8 Å². The van der Waals surface area contributed by atoms with Crippen molar-refractivity contribution in [2.24, 2.45) is 0 Å². The Labute approximate surface area is 183 Å². The van der Waals surface area contributed by atoms with Crippen molar-refractivity contribution in [3.05, 3.63) is 113 Å². The lowest BCUT2D eigenvalue weighted by Gasteiger charge is -2.12. The summed E-state index contributed by atoms with van der Waals surface area (Å²) in [5, 5.41) is 5.79. The molecule has 6 heteroatoms. The van der Waals surface area contributed by atoms with Crippen LogP contribution in [0, 0.1) is 5.82 Å². The van der Waals surface area contributed by atoms with E-state index in [1.807, 2.05) is 42.5 Å². The fourth-order valence-electron chi connectivity index (χ4n) is 3.93. The maximum Gasteiger partial charge on any atom is 0.258 e. The van der Waals surface area contributed by atoms with Gasteiger partial charge in [0.15, 0.2) is 5.78 Å². The molecule has 1 aromatic heterocycles. The highest BCUT2D eigenvalue weighted by atomic mass is 19.1.